The molecule has 2 fully saturated rings. The molecule has 14 heavy (non-hydrogen) atoms. The molecule has 0 radical (unpaired) electrons. The van der Waals surface area contributed by atoms with Gasteiger partial charge in [-0.3, -0.25) is 0 Å². The van der Waals surface area contributed by atoms with Crippen LogP contribution in [0.2, 0.25) is 0 Å². The molecule has 0 bridgehead atoms. The quantitative estimate of drug-likeness (QED) is 0.574. The molecule has 2 aliphatic rings. The third-order valence-electron chi connectivity index (χ3n) is 3.58. The van der Waals surface area contributed by atoms with E-state index in [1.165, 1.54) is 12.8 Å². The number of β-amino-alcohol motifs (C(OH)–C–C–N with tert-alkyl or cyclic N) is 1. The lowest BCUT2D eigenvalue weighted by molar-refractivity contribution is -0.0395. The second-order valence-corrected chi connectivity index (χ2v) is 5.05. The average Bonchev–Trinajstić information content (AvgIpc) is 2.19. The van der Waals surface area contributed by atoms with Gasteiger partial charge in [0.2, 0.25) is 0 Å². The van der Waals surface area contributed by atoms with E-state index in [1.54, 1.807) is 0 Å². The smallest absolute Gasteiger partial charge is 0.0926 e. The zero-order valence-electron chi connectivity index (χ0n) is 9.05. The first-order valence-corrected chi connectivity index (χ1v) is 5.87. The zero-order chi connectivity index (χ0) is 10.0. The summed E-state index contributed by atoms with van der Waals surface area (Å²) in [6.07, 6.45) is 4.59. The van der Waals surface area contributed by atoms with Crippen LogP contribution in [0.5, 0.6) is 0 Å². The lowest BCUT2D eigenvalue weighted by Gasteiger charge is -2.43. The van der Waals surface area contributed by atoms with Crippen LogP contribution in [0.4, 0.5) is 0 Å². The minimum absolute atomic E-state index is 0.312. The summed E-state index contributed by atoms with van der Waals surface area (Å²) in [4.78, 5) is 0. The topological polar surface area (TPSA) is 44.3 Å². The summed E-state index contributed by atoms with van der Waals surface area (Å²) in [7, 11) is 0. The molecule has 2 heterocycles. The Morgan fingerprint density at radius 2 is 2.21 bits per heavy atom. The molecule has 2 aliphatic heterocycles. The van der Waals surface area contributed by atoms with Gasteiger partial charge in [0.05, 0.1) is 5.60 Å². The summed E-state index contributed by atoms with van der Waals surface area (Å²) in [5.74, 6) is 0.595. The molecule has 0 saturated carbocycles. The van der Waals surface area contributed by atoms with Gasteiger partial charge in [0.25, 0.3) is 0 Å². The van der Waals surface area contributed by atoms with Crippen molar-refractivity contribution in [2.24, 2.45) is 5.92 Å². The van der Waals surface area contributed by atoms with Crippen molar-refractivity contribution < 1.29 is 5.11 Å². The predicted octanol–water partition coefficient (Wildman–Crippen LogP) is 0.489. The van der Waals surface area contributed by atoms with Crippen LogP contribution < -0.4 is 10.6 Å². The Morgan fingerprint density at radius 1 is 1.36 bits per heavy atom. The van der Waals surface area contributed by atoms with Crippen molar-refractivity contribution in [2.75, 3.05) is 19.6 Å². The molecule has 0 spiro atoms. The van der Waals surface area contributed by atoms with Crippen LogP contribution in [0.15, 0.2) is 0 Å². The fourth-order valence-electron chi connectivity index (χ4n) is 2.86. The largest absolute Gasteiger partial charge is 0.387 e. The van der Waals surface area contributed by atoms with Crippen LogP contribution in [0, 0.1) is 5.92 Å². The number of hydrogen-bond acceptors (Lipinski definition) is 3. The van der Waals surface area contributed by atoms with E-state index >= 15 is 0 Å². The molecule has 3 heteroatoms. The van der Waals surface area contributed by atoms with Gasteiger partial charge in [-0.1, -0.05) is 13.3 Å². The molecule has 0 aromatic heterocycles. The van der Waals surface area contributed by atoms with E-state index in [1.807, 2.05) is 0 Å². The van der Waals surface area contributed by atoms with Crippen molar-refractivity contribution in [3.8, 4) is 0 Å². The van der Waals surface area contributed by atoms with Crippen LogP contribution >= 0.6 is 0 Å². The highest BCUT2D eigenvalue weighted by atomic mass is 16.3. The summed E-state index contributed by atoms with van der Waals surface area (Å²) in [5.41, 5.74) is -0.502. The Hall–Kier alpha value is -0.120. The fraction of sp³-hybridized carbons (Fsp3) is 1.00. The Balaban J connectivity index is 1.98. The predicted molar refractivity (Wildman–Crippen MR) is 57.2 cm³/mol. The molecular formula is C11H22N2O. The normalized spacial score (nSPS) is 45.0. The third-order valence-corrected chi connectivity index (χ3v) is 3.58. The molecule has 3 N–H and O–H groups in total. The summed E-state index contributed by atoms with van der Waals surface area (Å²) in [5, 5.41) is 17.3. The molecule has 0 aliphatic carbocycles. The molecule has 0 aromatic rings. The molecule has 0 amide bonds. The van der Waals surface area contributed by atoms with Gasteiger partial charge in [-0.15, -0.1) is 0 Å². The second kappa shape index (κ2) is 4.17. The highest BCUT2D eigenvalue weighted by Crippen LogP contribution is 2.28. The van der Waals surface area contributed by atoms with Crippen LogP contribution in [0.3, 0.4) is 0 Å². The summed E-state index contributed by atoms with van der Waals surface area (Å²) < 4.78 is 0. The monoisotopic (exact) mass is 198 g/mol. The molecule has 3 nitrogen and oxygen atoms in total. The van der Waals surface area contributed by atoms with Crippen LogP contribution in [0.25, 0.3) is 0 Å². The lowest BCUT2D eigenvalue weighted by Crippen LogP contribution is -2.61. The van der Waals surface area contributed by atoms with Gasteiger partial charge in [0.15, 0.2) is 0 Å². The van der Waals surface area contributed by atoms with E-state index in [2.05, 4.69) is 17.6 Å². The molecule has 0 aromatic carbocycles. The lowest BCUT2D eigenvalue weighted by atomic mass is 9.79. The number of piperidine rings is 2. The third kappa shape index (κ3) is 2.10. The van der Waals surface area contributed by atoms with Gasteiger partial charge in [0, 0.05) is 12.6 Å². The summed E-state index contributed by atoms with van der Waals surface area (Å²) >= 11 is 0. The van der Waals surface area contributed by atoms with Gasteiger partial charge in [-0.2, -0.15) is 0 Å². The Labute approximate surface area is 86.3 Å². The van der Waals surface area contributed by atoms with Crippen molar-refractivity contribution in [2.45, 2.75) is 44.2 Å². The molecule has 3 atom stereocenters. The molecule has 2 rings (SSSR count). The maximum absolute atomic E-state index is 10.5. The van der Waals surface area contributed by atoms with Crippen LogP contribution in [0.1, 0.15) is 32.6 Å². The van der Waals surface area contributed by atoms with E-state index in [0.717, 1.165) is 32.5 Å². The van der Waals surface area contributed by atoms with Crippen LogP contribution in [-0.2, 0) is 0 Å². The number of rotatable bonds is 1. The van der Waals surface area contributed by atoms with E-state index in [4.69, 9.17) is 0 Å². The number of aliphatic hydroxyl groups is 1. The van der Waals surface area contributed by atoms with Crippen molar-refractivity contribution in [1.29, 1.82) is 0 Å². The Kier molecular flexibility index (Phi) is 3.10. The van der Waals surface area contributed by atoms with Crippen molar-refractivity contribution in [3.05, 3.63) is 0 Å². The van der Waals surface area contributed by atoms with E-state index in [0.29, 0.717) is 12.0 Å². The molecule has 2 saturated heterocycles. The first-order chi connectivity index (χ1) is 6.71. The van der Waals surface area contributed by atoms with Gasteiger partial charge >= 0.3 is 0 Å². The van der Waals surface area contributed by atoms with Crippen molar-refractivity contribution in [3.63, 3.8) is 0 Å². The molecule has 3 unspecified atom stereocenters. The van der Waals surface area contributed by atoms with E-state index in [9.17, 15) is 5.11 Å². The molecular weight excluding hydrogens is 176 g/mol. The first kappa shape index (κ1) is 10.4. The number of nitrogens with one attached hydrogen (secondary N) is 2. The Morgan fingerprint density at radius 3 is 2.86 bits per heavy atom. The fourth-order valence-corrected chi connectivity index (χ4v) is 2.86. The maximum atomic E-state index is 10.5. The highest BCUT2D eigenvalue weighted by Gasteiger charge is 2.40. The van der Waals surface area contributed by atoms with Gasteiger partial charge in [0.1, 0.15) is 0 Å². The standard InChI is InChI=1S/C11H22N2O/c1-9-6-11(14,8-12-7-9)10-4-2-3-5-13-10/h9-10,12-14H,2-8H2,1H3. The first-order valence-electron chi connectivity index (χ1n) is 5.87. The van der Waals surface area contributed by atoms with Gasteiger partial charge in [-0.05, 0) is 38.3 Å². The minimum Gasteiger partial charge on any atom is -0.387 e. The maximum Gasteiger partial charge on any atom is 0.0926 e. The van der Waals surface area contributed by atoms with Crippen molar-refractivity contribution >= 4 is 0 Å². The molecule has 82 valence electrons. The van der Waals surface area contributed by atoms with E-state index in [-0.39, 0.29) is 0 Å². The Bertz CT molecular complexity index is 192. The number of hydrogen-bond donors (Lipinski definition) is 3. The summed E-state index contributed by atoms with van der Waals surface area (Å²) in [6, 6.07) is 0.312. The minimum atomic E-state index is -0.502. The van der Waals surface area contributed by atoms with Gasteiger partial charge in [-0.25, -0.2) is 0 Å². The van der Waals surface area contributed by atoms with Gasteiger partial charge < -0.3 is 15.7 Å². The second-order valence-electron chi connectivity index (χ2n) is 5.05. The van der Waals surface area contributed by atoms with Crippen molar-refractivity contribution in [1.82, 2.24) is 10.6 Å². The van der Waals surface area contributed by atoms with E-state index < -0.39 is 5.60 Å². The SMILES string of the molecule is CC1CNCC(O)(C2CCCCN2)C1. The van der Waals surface area contributed by atoms with Crippen LogP contribution in [-0.4, -0.2) is 36.4 Å². The zero-order valence-corrected chi connectivity index (χ0v) is 9.05. The summed E-state index contributed by atoms with van der Waals surface area (Å²) in [6.45, 7) is 5.09. The average molecular weight is 198 g/mol. The highest BCUT2D eigenvalue weighted by molar-refractivity contribution is 4.98.